The molecule has 1 heterocycles. The highest BCUT2D eigenvalue weighted by atomic mass is 16.5. The number of esters is 1. The van der Waals surface area contributed by atoms with Crippen LogP contribution in [-0.4, -0.2) is 30.6 Å². The van der Waals surface area contributed by atoms with Gasteiger partial charge in [0.25, 0.3) is 0 Å². The second-order valence-electron chi connectivity index (χ2n) is 5.36. The largest absolute Gasteiger partial charge is 0.465 e. The van der Waals surface area contributed by atoms with Gasteiger partial charge in [0.05, 0.1) is 12.7 Å². The topological polar surface area (TPSA) is 29.5 Å². The van der Waals surface area contributed by atoms with Gasteiger partial charge < -0.3 is 4.74 Å². The quantitative estimate of drug-likeness (QED) is 0.782. The Labute approximate surface area is 115 Å². The number of carbonyl (C=O) groups excluding carboxylic acids is 1. The Hall–Kier alpha value is -1.35. The zero-order valence-electron chi connectivity index (χ0n) is 11.9. The fourth-order valence-electron chi connectivity index (χ4n) is 2.67. The molecule has 104 valence electrons. The first kappa shape index (κ1) is 14.1. The van der Waals surface area contributed by atoms with E-state index >= 15 is 0 Å². The van der Waals surface area contributed by atoms with Crippen molar-refractivity contribution in [3.63, 3.8) is 0 Å². The molecule has 19 heavy (non-hydrogen) atoms. The van der Waals surface area contributed by atoms with Crippen molar-refractivity contribution in [1.29, 1.82) is 0 Å². The van der Waals surface area contributed by atoms with Crippen LogP contribution in [0.2, 0.25) is 0 Å². The minimum atomic E-state index is -0.269. The van der Waals surface area contributed by atoms with Crippen molar-refractivity contribution < 1.29 is 9.53 Å². The molecule has 1 aliphatic rings. The molecule has 0 N–H and O–H groups in total. The first-order chi connectivity index (χ1) is 9.20. The van der Waals surface area contributed by atoms with Crippen LogP contribution in [0.3, 0.4) is 0 Å². The SMILES string of the molecule is COC(=O)c1ccc(CN2CCCCCC2C)cc1. The van der Waals surface area contributed by atoms with E-state index in [0.717, 1.165) is 6.54 Å². The summed E-state index contributed by atoms with van der Waals surface area (Å²) in [7, 11) is 1.41. The highest BCUT2D eigenvalue weighted by Gasteiger charge is 2.16. The first-order valence-electron chi connectivity index (χ1n) is 7.12. The van der Waals surface area contributed by atoms with Crippen molar-refractivity contribution >= 4 is 5.97 Å². The summed E-state index contributed by atoms with van der Waals surface area (Å²) in [5.74, 6) is -0.269. The molecule has 0 amide bonds. The van der Waals surface area contributed by atoms with Crippen LogP contribution in [0.5, 0.6) is 0 Å². The number of hydrogen-bond donors (Lipinski definition) is 0. The van der Waals surface area contributed by atoms with Gasteiger partial charge in [-0.3, -0.25) is 4.90 Å². The summed E-state index contributed by atoms with van der Waals surface area (Å²) in [5, 5.41) is 0. The van der Waals surface area contributed by atoms with Gasteiger partial charge in [0.15, 0.2) is 0 Å². The van der Waals surface area contributed by atoms with Crippen LogP contribution in [0.1, 0.15) is 48.5 Å². The van der Waals surface area contributed by atoms with Crippen LogP contribution in [0.15, 0.2) is 24.3 Å². The molecule has 3 heteroatoms. The molecule has 1 aromatic rings. The molecule has 3 nitrogen and oxygen atoms in total. The second-order valence-corrected chi connectivity index (χ2v) is 5.36. The first-order valence-corrected chi connectivity index (χ1v) is 7.12. The van der Waals surface area contributed by atoms with Gasteiger partial charge in [0, 0.05) is 12.6 Å². The van der Waals surface area contributed by atoms with E-state index in [0.29, 0.717) is 11.6 Å². The Bertz CT molecular complexity index is 413. The molecular formula is C16H23NO2. The van der Waals surface area contributed by atoms with Crippen molar-refractivity contribution in [2.45, 2.75) is 45.2 Å². The summed E-state index contributed by atoms with van der Waals surface area (Å²) < 4.78 is 4.71. The maximum absolute atomic E-state index is 11.4. The third-order valence-electron chi connectivity index (χ3n) is 3.95. The van der Waals surface area contributed by atoms with E-state index in [2.05, 4.69) is 11.8 Å². The van der Waals surface area contributed by atoms with Gasteiger partial charge in [0.1, 0.15) is 0 Å². The molecule has 0 aromatic heterocycles. The van der Waals surface area contributed by atoms with E-state index in [1.54, 1.807) is 0 Å². The maximum atomic E-state index is 11.4. The minimum absolute atomic E-state index is 0.269. The predicted molar refractivity (Wildman–Crippen MR) is 76.1 cm³/mol. The molecule has 1 aliphatic heterocycles. The van der Waals surface area contributed by atoms with E-state index in [9.17, 15) is 4.79 Å². The van der Waals surface area contributed by atoms with E-state index in [1.807, 2.05) is 24.3 Å². The van der Waals surface area contributed by atoms with Crippen molar-refractivity contribution in [2.75, 3.05) is 13.7 Å². The maximum Gasteiger partial charge on any atom is 0.337 e. The molecule has 0 spiro atoms. The molecule has 1 aromatic carbocycles. The third-order valence-corrected chi connectivity index (χ3v) is 3.95. The summed E-state index contributed by atoms with van der Waals surface area (Å²) in [4.78, 5) is 13.9. The summed E-state index contributed by atoms with van der Waals surface area (Å²) in [6, 6.07) is 8.42. The van der Waals surface area contributed by atoms with Crippen molar-refractivity contribution in [1.82, 2.24) is 4.90 Å². The van der Waals surface area contributed by atoms with Crippen molar-refractivity contribution in [2.24, 2.45) is 0 Å². The molecule has 2 rings (SSSR count). The van der Waals surface area contributed by atoms with Gasteiger partial charge in [-0.1, -0.05) is 25.0 Å². The summed E-state index contributed by atoms with van der Waals surface area (Å²) in [6.07, 6.45) is 5.28. The lowest BCUT2D eigenvalue weighted by molar-refractivity contribution is 0.0600. The van der Waals surface area contributed by atoms with E-state index in [-0.39, 0.29) is 5.97 Å². The fourth-order valence-corrected chi connectivity index (χ4v) is 2.67. The Morgan fingerprint density at radius 3 is 2.68 bits per heavy atom. The lowest BCUT2D eigenvalue weighted by Crippen LogP contribution is -2.31. The number of methoxy groups -OCH3 is 1. The van der Waals surface area contributed by atoms with Crippen LogP contribution >= 0.6 is 0 Å². The molecule has 1 unspecified atom stereocenters. The molecular weight excluding hydrogens is 238 g/mol. The number of benzene rings is 1. The standard InChI is InChI=1S/C16H23NO2/c1-13-6-4-3-5-11-17(13)12-14-7-9-15(10-8-14)16(18)19-2/h7-10,13H,3-6,11-12H2,1-2H3. The molecule has 1 atom stereocenters. The average molecular weight is 261 g/mol. The smallest absolute Gasteiger partial charge is 0.337 e. The highest BCUT2D eigenvalue weighted by Crippen LogP contribution is 2.19. The molecule has 0 radical (unpaired) electrons. The van der Waals surface area contributed by atoms with Crippen molar-refractivity contribution in [3.8, 4) is 0 Å². The van der Waals surface area contributed by atoms with Gasteiger partial charge in [-0.2, -0.15) is 0 Å². The predicted octanol–water partition coefficient (Wildman–Crippen LogP) is 3.24. The van der Waals surface area contributed by atoms with Crippen LogP contribution < -0.4 is 0 Å². The van der Waals surface area contributed by atoms with Crippen LogP contribution in [0, 0.1) is 0 Å². The zero-order chi connectivity index (χ0) is 13.7. The lowest BCUT2D eigenvalue weighted by atomic mass is 10.1. The zero-order valence-corrected chi connectivity index (χ0v) is 11.9. The van der Waals surface area contributed by atoms with Crippen LogP contribution in [0.4, 0.5) is 0 Å². The Morgan fingerprint density at radius 1 is 1.26 bits per heavy atom. The normalized spacial score (nSPS) is 20.8. The Morgan fingerprint density at radius 2 is 2.00 bits per heavy atom. The Kier molecular flexibility index (Phi) is 4.97. The fraction of sp³-hybridized carbons (Fsp3) is 0.562. The molecule has 0 bridgehead atoms. The monoisotopic (exact) mass is 261 g/mol. The van der Waals surface area contributed by atoms with E-state index in [1.165, 1.54) is 44.9 Å². The Balaban J connectivity index is 2.00. The number of nitrogens with zero attached hydrogens (tertiary/aromatic N) is 1. The third kappa shape index (κ3) is 3.80. The lowest BCUT2D eigenvalue weighted by Gasteiger charge is -2.26. The van der Waals surface area contributed by atoms with Gasteiger partial charge >= 0.3 is 5.97 Å². The van der Waals surface area contributed by atoms with Gasteiger partial charge in [-0.05, 0) is 44.0 Å². The van der Waals surface area contributed by atoms with Gasteiger partial charge in [-0.15, -0.1) is 0 Å². The minimum Gasteiger partial charge on any atom is -0.465 e. The number of ether oxygens (including phenoxy) is 1. The molecule has 0 saturated carbocycles. The number of likely N-dealkylation sites (tertiary alicyclic amines) is 1. The second kappa shape index (κ2) is 6.71. The van der Waals surface area contributed by atoms with E-state index in [4.69, 9.17) is 4.74 Å². The van der Waals surface area contributed by atoms with Gasteiger partial charge in [-0.25, -0.2) is 4.79 Å². The number of carbonyl (C=O) groups is 1. The summed E-state index contributed by atoms with van der Waals surface area (Å²) in [6.45, 7) is 4.47. The van der Waals surface area contributed by atoms with Crippen LogP contribution in [0.25, 0.3) is 0 Å². The highest BCUT2D eigenvalue weighted by molar-refractivity contribution is 5.89. The average Bonchev–Trinajstić information content (AvgIpc) is 2.64. The van der Waals surface area contributed by atoms with E-state index < -0.39 is 0 Å². The molecule has 0 aliphatic carbocycles. The summed E-state index contributed by atoms with van der Waals surface area (Å²) in [5.41, 5.74) is 1.89. The van der Waals surface area contributed by atoms with Crippen LogP contribution in [-0.2, 0) is 11.3 Å². The van der Waals surface area contributed by atoms with Crippen molar-refractivity contribution in [3.05, 3.63) is 35.4 Å². The molecule has 1 saturated heterocycles. The number of hydrogen-bond acceptors (Lipinski definition) is 3. The van der Waals surface area contributed by atoms with Gasteiger partial charge in [0.2, 0.25) is 0 Å². The summed E-state index contributed by atoms with van der Waals surface area (Å²) >= 11 is 0. The molecule has 1 fully saturated rings. The number of rotatable bonds is 3.